The van der Waals surface area contributed by atoms with Gasteiger partial charge in [0.15, 0.2) is 0 Å². The summed E-state index contributed by atoms with van der Waals surface area (Å²) in [6, 6.07) is 7.19. The molecule has 1 aromatic carbocycles. The summed E-state index contributed by atoms with van der Waals surface area (Å²) in [7, 11) is 0. The molecule has 3 rings (SSSR count). The van der Waals surface area contributed by atoms with Crippen LogP contribution in [0.25, 0.3) is 0 Å². The summed E-state index contributed by atoms with van der Waals surface area (Å²) in [6.45, 7) is 2.12. The highest BCUT2D eigenvalue weighted by molar-refractivity contribution is 6.05. The molecule has 1 heterocycles. The molecule has 6 nitrogen and oxygen atoms in total. The number of nitrogens with two attached hydrogens (primary N) is 1. The summed E-state index contributed by atoms with van der Waals surface area (Å²) in [5.74, 6) is 0.234. The molecule has 2 aromatic rings. The van der Waals surface area contributed by atoms with E-state index in [9.17, 15) is 9.59 Å². The summed E-state index contributed by atoms with van der Waals surface area (Å²) in [5, 5.41) is 5.95. The van der Waals surface area contributed by atoms with Crippen LogP contribution in [0, 0.1) is 6.92 Å². The largest absolute Gasteiger partial charge is 0.467 e. The number of rotatable bonds is 5. The van der Waals surface area contributed by atoms with E-state index >= 15 is 0 Å². The Hall–Kier alpha value is -2.31. The van der Waals surface area contributed by atoms with Crippen LogP contribution in [-0.2, 0) is 6.54 Å². The SMILES string of the molecule is Cc1cc(C(=O)NC2CCCCC2)ccc1NC(=O)c1coc(CN)c1.Cl. The van der Waals surface area contributed by atoms with Crippen molar-refractivity contribution in [2.45, 2.75) is 51.6 Å². The molecular weight excluding hydrogens is 366 g/mol. The fourth-order valence-electron chi connectivity index (χ4n) is 3.26. The molecule has 0 spiro atoms. The lowest BCUT2D eigenvalue weighted by Gasteiger charge is -2.23. The van der Waals surface area contributed by atoms with Gasteiger partial charge in [0.1, 0.15) is 12.0 Å². The Kier molecular flexibility index (Phi) is 7.45. The molecule has 1 fully saturated rings. The molecule has 4 N–H and O–H groups in total. The Morgan fingerprint density at radius 1 is 1.11 bits per heavy atom. The van der Waals surface area contributed by atoms with E-state index in [4.69, 9.17) is 10.2 Å². The smallest absolute Gasteiger partial charge is 0.258 e. The van der Waals surface area contributed by atoms with E-state index in [0.29, 0.717) is 22.6 Å². The van der Waals surface area contributed by atoms with Gasteiger partial charge in [0, 0.05) is 17.3 Å². The Balaban J connectivity index is 0.00000261. The Labute approximate surface area is 165 Å². The average Bonchev–Trinajstić information content (AvgIpc) is 3.13. The van der Waals surface area contributed by atoms with Crippen molar-refractivity contribution in [3.8, 4) is 0 Å². The van der Waals surface area contributed by atoms with E-state index in [-0.39, 0.29) is 36.8 Å². The number of anilines is 1. The van der Waals surface area contributed by atoms with Gasteiger partial charge in [-0.3, -0.25) is 9.59 Å². The number of aryl methyl sites for hydroxylation is 1. The first-order chi connectivity index (χ1) is 12.6. The molecule has 146 valence electrons. The normalized spacial score (nSPS) is 14.3. The molecular formula is C20H26ClN3O3. The van der Waals surface area contributed by atoms with Crippen LogP contribution in [0.15, 0.2) is 34.9 Å². The molecule has 0 radical (unpaired) electrons. The van der Waals surface area contributed by atoms with Gasteiger partial charge in [0.2, 0.25) is 0 Å². The number of benzene rings is 1. The number of nitrogens with one attached hydrogen (secondary N) is 2. The maximum absolute atomic E-state index is 12.4. The first kappa shape index (κ1) is 21.0. The Morgan fingerprint density at radius 2 is 1.85 bits per heavy atom. The maximum atomic E-state index is 12.4. The molecule has 0 atom stereocenters. The zero-order valence-corrected chi connectivity index (χ0v) is 16.2. The lowest BCUT2D eigenvalue weighted by atomic mass is 9.95. The van der Waals surface area contributed by atoms with Gasteiger partial charge in [-0.1, -0.05) is 19.3 Å². The molecule has 0 unspecified atom stereocenters. The molecule has 0 aliphatic heterocycles. The van der Waals surface area contributed by atoms with Crippen LogP contribution in [0.2, 0.25) is 0 Å². The number of amides is 2. The minimum Gasteiger partial charge on any atom is -0.467 e. The second kappa shape index (κ2) is 9.58. The van der Waals surface area contributed by atoms with Crippen LogP contribution >= 0.6 is 12.4 Å². The highest BCUT2D eigenvalue weighted by atomic mass is 35.5. The summed E-state index contributed by atoms with van der Waals surface area (Å²) in [6.07, 6.45) is 7.09. The lowest BCUT2D eigenvalue weighted by Crippen LogP contribution is -2.36. The van der Waals surface area contributed by atoms with Gasteiger partial charge in [-0.05, 0) is 49.6 Å². The van der Waals surface area contributed by atoms with Gasteiger partial charge in [0.25, 0.3) is 11.8 Å². The van der Waals surface area contributed by atoms with Crippen LogP contribution in [0.1, 0.15) is 64.1 Å². The molecule has 1 aliphatic rings. The second-order valence-electron chi connectivity index (χ2n) is 6.80. The summed E-state index contributed by atoms with van der Waals surface area (Å²) < 4.78 is 5.19. The van der Waals surface area contributed by atoms with Crippen LogP contribution < -0.4 is 16.4 Å². The van der Waals surface area contributed by atoms with Crippen molar-refractivity contribution in [3.63, 3.8) is 0 Å². The zero-order valence-electron chi connectivity index (χ0n) is 15.4. The van der Waals surface area contributed by atoms with E-state index < -0.39 is 0 Å². The van der Waals surface area contributed by atoms with E-state index in [2.05, 4.69) is 10.6 Å². The zero-order chi connectivity index (χ0) is 18.5. The van der Waals surface area contributed by atoms with Crippen molar-refractivity contribution in [2.24, 2.45) is 5.73 Å². The highest BCUT2D eigenvalue weighted by Crippen LogP contribution is 2.20. The molecule has 0 bridgehead atoms. The van der Waals surface area contributed by atoms with Crippen LogP contribution in [0.5, 0.6) is 0 Å². The van der Waals surface area contributed by atoms with Crippen LogP contribution in [-0.4, -0.2) is 17.9 Å². The third-order valence-corrected chi connectivity index (χ3v) is 4.79. The minimum absolute atomic E-state index is 0. The summed E-state index contributed by atoms with van der Waals surface area (Å²) in [4.78, 5) is 24.7. The molecule has 2 amide bonds. The van der Waals surface area contributed by atoms with Crippen LogP contribution in [0.3, 0.4) is 0 Å². The minimum atomic E-state index is -0.268. The molecule has 7 heteroatoms. The summed E-state index contributed by atoms with van der Waals surface area (Å²) >= 11 is 0. The summed E-state index contributed by atoms with van der Waals surface area (Å²) in [5.41, 5.74) is 8.02. The number of halogens is 1. The monoisotopic (exact) mass is 391 g/mol. The van der Waals surface area contributed by atoms with Gasteiger partial charge in [0.05, 0.1) is 12.1 Å². The fourth-order valence-corrected chi connectivity index (χ4v) is 3.26. The number of hydrogen-bond donors (Lipinski definition) is 3. The molecule has 27 heavy (non-hydrogen) atoms. The predicted octanol–water partition coefficient (Wildman–Crippen LogP) is 3.78. The lowest BCUT2D eigenvalue weighted by molar-refractivity contribution is 0.0927. The first-order valence-corrected chi connectivity index (χ1v) is 9.07. The third-order valence-electron chi connectivity index (χ3n) is 4.79. The highest BCUT2D eigenvalue weighted by Gasteiger charge is 2.17. The van der Waals surface area contributed by atoms with Gasteiger partial charge in [-0.2, -0.15) is 0 Å². The Bertz CT molecular complexity index is 798. The molecule has 1 saturated carbocycles. The molecule has 0 saturated heterocycles. The maximum Gasteiger partial charge on any atom is 0.258 e. The van der Waals surface area contributed by atoms with Crippen LogP contribution in [0.4, 0.5) is 5.69 Å². The topological polar surface area (TPSA) is 97.4 Å². The molecule has 1 aromatic heterocycles. The van der Waals surface area contributed by atoms with E-state index in [1.165, 1.54) is 25.5 Å². The van der Waals surface area contributed by atoms with Gasteiger partial charge in [-0.15, -0.1) is 12.4 Å². The van der Waals surface area contributed by atoms with Gasteiger partial charge < -0.3 is 20.8 Å². The molecule has 1 aliphatic carbocycles. The van der Waals surface area contributed by atoms with Crippen molar-refractivity contribution in [1.29, 1.82) is 0 Å². The Morgan fingerprint density at radius 3 is 2.48 bits per heavy atom. The average molecular weight is 392 g/mol. The number of hydrogen-bond acceptors (Lipinski definition) is 4. The predicted molar refractivity (Wildman–Crippen MR) is 107 cm³/mol. The quantitative estimate of drug-likeness (QED) is 0.722. The second-order valence-corrected chi connectivity index (χ2v) is 6.80. The van der Waals surface area contributed by atoms with Gasteiger partial charge in [-0.25, -0.2) is 0 Å². The number of furan rings is 1. The van der Waals surface area contributed by atoms with Crippen molar-refractivity contribution in [3.05, 3.63) is 53.0 Å². The number of carbonyl (C=O) groups is 2. The third kappa shape index (κ3) is 5.34. The number of carbonyl (C=O) groups excluding carboxylic acids is 2. The first-order valence-electron chi connectivity index (χ1n) is 9.07. The van der Waals surface area contributed by atoms with E-state index in [1.807, 2.05) is 6.92 Å². The van der Waals surface area contributed by atoms with Gasteiger partial charge >= 0.3 is 0 Å². The van der Waals surface area contributed by atoms with E-state index in [1.54, 1.807) is 24.3 Å². The van der Waals surface area contributed by atoms with Crippen molar-refractivity contribution < 1.29 is 14.0 Å². The van der Waals surface area contributed by atoms with E-state index in [0.717, 1.165) is 18.4 Å². The standard InChI is InChI=1S/C20H25N3O3.ClH/c1-13-9-14(19(24)22-16-5-3-2-4-6-16)7-8-18(13)23-20(25)15-10-17(11-21)26-12-15;/h7-10,12,16H,2-6,11,21H2,1H3,(H,22,24)(H,23,25);1H. The van der Waals surface area contributed by atoms with Crippen molar-refractivity contribution >= 4 is 29.9 Å². The van der Waals surface area contributed by atoms with Crippen molar-refractivity contribution in [2.75, 3.05) is 5.32 Å². The van der Waals surface area contributed by atoms with Crippen molar-refractivity contribution in [1.82, 2.24) is 5.32 Å². The fraction of sp³-hybridized carbons (Fsp3) is 0.400.